The van der Waals surface area contributed by atoms with Gasteiger partial charge in [-0.3, -0.25) is 4.79 Å². The molecule has 0 unspecified atom stereocenters. The van der Waals surface area contributed by atoms with Gasteiger partial charge in [-0.1, -0.05) is 12.8 Å². The first kappa shape index (κ1) is 11.1. The fourth-order valence-corrected chi connectivity index (χ4v) is 2.08. The first-order valence-electron chi connectivity index (χ1n) is 5.59. The highest BCUT2D eigenvalue weighted by molar-refractivity contribution is 5.31. The van der Waals surface area contributed by atoms with E-state index in [-0.39, 0.29) is 5.56 Å². The van der Waals surface area contributed by atoms with Crippen molar-refractivity contribution in [1.29, 1.82) is 0 Å². The highest BCUT2D eigenvalue weighted by Crippen LogP contribution is 2.29. The molecule has 1 aromatic rings. The first-order chi connectivity index (χ1) is 7.61. The largest absolute Gasteiger partial charge is 0.388 e. The second-order valence-corrected chi connectivity index (χ2v) is 4.48. The van der Waals surface area contributed by atoms with Crippen molar-refractivity contribution in [2.45, 2.75) is 31.3 Å². The molecule has 5 heteroatoms. The third-order valence-electron chi connectivity index (χ3n) is 3.14. The molecule has 1 heterocycles. The maximum Gasteiger partial charge on any atom is 0.293 e. The van der Waals surface area contributed by atoms with Crippen LogP contribution in [0.1, 0.15) is 25.7 Å². The van der Waals surface area contributed by atoms with Crippen molar-refractivity contribution in [1.82, 2.24) is 9.55 Å². The molecule has 1 fully saturated rings. The van der Waals surface area contributed by atoms with Crippen LogP contribution < -0.4 is 10.9 Å². The summed E-state index contributed by atoms with van der Waals surface area (Å²) in [4.78, 5) is 15.6. The Morgan fingerprint density at radius 2 is 2.25 bits per heavy atom. The molecular formula is C11H17N3O2. The van der Waals surface area contributed by atoms with E-state index in [1.54, 1.807) is 19.4 Å². The highest BCUT2D eigenvalue weighted by Gasteiger charge is 2.30. The molecule has 16 heavy (non-hydrogen) atoms. The number of aromatic nitrogens is 2. The van der Waals surface area contributed by atoms with Crippen molar-refractivity contribution in [3.8, 4) is 0 Å². The van der Waals surface area contributed by atoms with Gasteiger partial charge in [0.15, 0.2) is 5.82 Å². The van der Waals surface area contributed by atoms with Crippen molar-refractivity contribution < 1.29 is 5.11 Å². The van der Waals surface area contributed by atoms with Crippen molar-refractivity contribution >= 4 is 5.82 Å². The lowest BCUT2D eigenvalue weighted by atomic mass is 10.0. The average Bonchev–Trinajstić information content (AvgIpc) is 2.68. The predicted molar refractivity (Wildman–Crippen MR) is 61.4 cm³/mol. The van der Waals surface area contributed by atoms with Gasteiger partial charge in [-0.15, -0.1) is 0 Å². The van der Waals surface area contributed by atoms with Crippen molar-refractivity contribution in [3.63, 3.8) is 0 Å². The molecule has 1 aromatic heterocycles. The molecule has 0 atom stereocenters. The summed E-state index contributed by atoms with van der Waals surface area (Å²) in [5.41, 5.74) is -0.827. The lowest BCUT2D eigenvalue weighted by Gasteiger charge is -2.22. The van der Waals surface area contributed by atoms with Crippen LogP contribution in [-0.4, -0.2) is 26.8 Å². The van der Waals surface area contributed by atoms with E-state index in [9.17, 15) is 9.90 Å². The fourth-order valence-electron chi connectivity index (χ4n) is 2.08. The number of nitrogens with zero attached hydrogens (tertiary/aromatic N) is 2. The molecule has 0 spiro atoms. The topological polar surface area (TPSA) is 67.2 Å². The van der Waals surface area contributed by atoms with E-state index in [1.165, 1.54) is 4.57 Å². The van der Waals surface area contributed by atoms with Gasteiger partial charge in [-0.05, 0) is 12.8 Å². The number of hydrogen-bond acceptors (Lipinski definition) is 4. The van der Waals surface area contributed by atoms with E-state index in [0.717, 1.165) is 25.7 Å². The molecule has 1 aliphatic carbocycles. The minimum atomic E-state index is -0.664. The average molecular weight is 223 g/mol. The molecule has 1 saturated carbocycles. The number of anilines is 1. The summed E-state index contributed by atoms with van der Waals surface area (Å²) >= 11 is 0. The van der Waals surface area contributed by atoms with Gasteiger partial charge in [-0.2, -0.15) is 0 Å². The maximum absolute atomic E-state index is 11.6. The molecule has 0 bridgehead atoms. The summed E-state index contributed by atoms with van der Waals surface area (Å²) in [6.07, 6.45) is 6.89. The summed E-state index contributed by atoms with van der Waals surface area (Å²) in [5.74, 6) is 0.310. The summed E-state index contributed by atoms with van der Waals surface area (Å²) in [6, 6.07) is 0. The van der Waals surface area contributed by atoms with Crippen LogP contribution in [0, 0.1) is 0 Å². The molecule has 0 saturated heterocycles. The number of rotatable bonds is 3. The zero-order chi connectivity index (χ0) is 11.6. The molecule has 0 amide bonds. The Hall–Kier alpha value is -1.36. The Bertz CT molecular complexity index is 421. The van der Waals surface area contributed by atoms with Crippen molar-refractivity contribution in [2.24, 2.45) is 7.05 Å². The van der Waals surface area contributed by atoms with E-state index in [0.29, 0.717) is 12.4 Å². The van der Waals surface area contributed by atoms with Gasteiger partial charge < -0.3 is 15.0 Å². The second kappa shape index (κ2) is 4.25. The second-order valence-electron chi connectivity index (χ2n) is 4.48. The summed E-state index contributed by atoms with van der Waals surface area (Å²) < 4.78 is 1.47. The van der Waals surface area contributed by atoms with Crippen molar-refractivity contribution in [3.05, 3.63) is 22.7 Å². The first-order valence-corrected chi connectivity index (χ1v) is 5.59. The third kappa shape index (κ3) is 2.24. The van der Waals surface area contributed by atoms with Crippen LogP contribution >= 0.6 is 0 Å². The van der Waals surface area contributed by atoms with Gasteiger partial charge in [0.1, 0.15) is 0 Å². The SMILES string of the molecule is Cn1ccnc(NCC2(O)CCCC2)c1=O. The standard InChI is InChI=1S/C11H17N3O2/c1-14-7-6-12-9(10(14)15)13-8-11(16)4-2-3-5-11/h6-7,16H,2-5,8H2,1H3,(H,12,13). The van der Waals surface area contributed by atoms with Crippen LogP contribution in [0.15, 0.2) is 17.2 Å². The molecule has 2 rings (SSSR count). The smallest absolute Gasteiger partial charge is 0.293 e. The van der Waals surface area contributed by atoms with Crippen LogP contribution in [0.3, 0.4) is 0 Å². The van der Waals surface area contributed by atoms with Crippen LogP contribution in [0.5, 0.6) is 0 Å². The molecule has 1 aliphatic rings. The van der Waals surface area contributed by atoms with Gasteiger partial charge in [0.2, 0.25) is 0 Å². The quantitative estimate of drug-likeness (QED) is 0.783. The van der Waals surface area contributed by atoms with Gasteiger partial charge in [0.25, 0.3) is 5.56 Å². The zero-order valence-corrected chi connectivity index (χ0v) is 9.44. The summed E-state index contributed by atoms with van der Waals surface area (Å²) in [6.45, 7) is 0.402. The van der Waals surface area contributed by atoms with E-state index in [1.807, 2.05) is 0 Å². The molecule has 5 nitrogen and oxygen atoms in total. The number of hydrogen-bond donors (Lipinski definition) is 2. The van der Waals surface area contributed by atoms with Gasteiger partial charge in [0.05, 0.1) is 5.60 Å². The summed E-state index contributed by atoms with van der Waals surface area (Å²) in [7, 11) is 1.68. The van der Waals surface area contributed by atoms with Crippen molar-refractivity contribution in [2.75, 3.05) is 11.9 Å². The Morgan fingerprint density at radius 3 is 2.94 bits per heavy atom. The van der Waals surface area contributed by atoms with E-state index >= 15 is 0 Å². The minimum Gasteiger partial charge on any atom is -0.388 e. The Morgan fingerprint density at radius 1 is 1.56 bits per heavy atom. The zero-order valence-electron chi connectivity index (χ0n) is 9.44. The van der Waals surface area contributed by atoms with E-state index < -0.39 is 5.60 Å². The van der Waals surface area contributed by atoms with Crippen LogP contribution in [0.4, 0.5) is 5.82 Å². The monoisotopic (exact) mass is 223 g/mol. The highest BCUT2D eigenvalue weighted by atomic mass is 16.3. The molecule has 0 radical (unpaired) electrons. The van der Waals surface area contributed by atoms with Crippen LogP contribution in [0.2, 0.25) is 0 Å². The Labute approximate surface area is 94.1 Å². The predicted octanol–water partition coefficient (Wildman–Crippen LogP) is 0.497. The van der Waals surface area contributed by atoms with Gasteiger partial charge in [-0.25, -0.2) is 4.98 Å². The molecule has 0 aromatic carbocycles. The van der Waals surface area contributed by atoms with Gasteiger partial charge in [0, 0.05) is 26.0 Å². The van der Waals surface area contributed by atoms with Gasteiger partial charge >= 0.3 is 0 Å². The molecular weight excluding hydrogens is 206 g/mol. The number of aryl methyl sites for hydroxylation is 1. The molecule has 2 N–H and O–H groups in total. The number of aliphatic hydroxyl groups is 1. The fraction of sp³-hybridized carbons (Fsp3) is 0.636. The van der Waals surface area contributed by atoms with Crippen LogP contribution in [-0.2, 0) is 7.05 Å². The summed E-state index contributed by atoms with van der Waals surface area (Å²) in [5, 5.41) is 13.1. The number of nitrogens with one attached hydrogen (secondary N) is 1. The minimum absolute atomic E-state index is 0.163. The third-order valence-corrected chi connectivity index (χ3v) is 3.14. The lowest BCUT2D eigenvalue weighted by Crippen LogP contribution is -2.35. The normalized spacial score (nSPS) is 18.6. The Balaban J connectivity index is 2.05. The van der Waals surface area contributed by atoms with E-state index in [4.69, 9.17) is 0 Å². The van der Waals surface area contributed by atoms with E-state index in [2.05, 4.69) is 10.3 Å². The lowest BCUT2D eigenvalue weighted by molar-refractivity contribution is 0.0613. The Kier molecular flexibility index (Phi) is 2.96. The molecule has 0 aliphatic heterocycles. The van der Waals surface area contributed by atoms with Crippen LogP contribution in [0.25, 0.3) is 0 Å². The molecule has 88 valence electrons. The maximum atomic E-state index is 11.6.